The number of aromatic nitrogens is 2. The molecule has 0 unspecified atom stereocenters. The van der Waals surface area contributed by atoms with Crippen molar-refractivity contribution in [3.8, 4) is 0 Å². The van der Waals surface area contributed by atoms with Gasteiger partial charge in [0.05, 0.1) is 16.7 Å². The first-order valence-electron chi connectivity index (χ1n) is 4.92. The molecule has 0 saturated carbocycles. The highest BCUT2D eigenvalue weighted by Gasteiger charge is 2.11. The molecule has 2 aromatic heterocycles. The molecule has 2 heterocycles. The summed E-state index contributed by atoms with van der Waals surface area (Å²) >= 11 is 3.44. The van der Waals surface area contributed by atoms with E-state index >= 15 is 0 Å². The lowest BCUT2D eigenvalue weighted by Crippen LogP contribution is -1.93. The van der Waals surface area contributed by atoms with Crippen molar-refractivity contribution in [3.63, 3.8) is 0 Å². The van der Waals surface area contributed by atoms with E-state index in [1.54, 1.807) is 0 Å². The van der Waals surface area contributed by atoms with Gasteiger partial charge in [0, 0.05) is 22.4 Å². The van der Waals surface area contributed by atoms with E-state index in [2.05, 4.69) is 20.9 Å². The topological polar surface area (TPSA) is 37.8 Å². The zero-order valence-corrected chi connectivity index (χ0v) is 10.2. The van der Waals surface area contributed by atoms with Gasteiger partial charge in [-0.05, 0) is 24.3 Å². The van der Waals surface area contributed by atoms with Gasteiger partial charge in [0.25, 0.3) is 0 Å². The van der Waals surface area contributed by atoms with Crippen molar-refractivity contribution >= 4 is 44.2 Å². The number of fused-ring (bicyclic) bond motifs is 3. The van der Waals surface area contributed by atoms with Crippen molar-refractivity contribution in [2.24, 2.45) is 7.05 Å². The highest BCUT2D eigenvalue weighted by molar-refractivity contribution is 9.10. The summed E-state index contributed by atoms with van der Waals surface area (Å²) in [6, 6.07) is 7.96. The first-order chi connectivity index (χ1) is 7.70. The summed E-state index contributed by atoms with van der Waals surface area (Å²) < 4.78 is 2.96. The van der Waals surface area contributed by atoms with Gasteiger partial charge in [-0.2, -0.15) is 0 Å². The molecule has 0 atom stereocenters. The van der Waals surface area contributed by atoms with Gasteiger partial charge in [-0.3, -0.25) is 4.79 Å². The molecule has 3 nitrogen and oxygen atoms in total. The molecule has 0 fully saturated rings. The van der Waals surface area contributed by atoms with Crippen LogP contribution >= 0.6 is 15.9 Å². The molecule has 1 aromatic carbocycles. The maximum atomic E-state index is 10.8. The molecule has 0 spiro atoms. The molecule has 16 heavy (non-hydrogen) atoms. The smallest absolute Gasteiger partial charge is 0.166 e. The maximum absolute atomic E-state index is 10.8. The minimum Gasteiger partial charge on any atom is -0.353 e. The van der Waals surface area contributed by atoms with Crippen LogP contribution in [0.2, 0.25) is 0 Å². The Morgan fingerprint density at radius 3 is 2.88 bits per heavy atom. The molecule has 3 aromatic rings. The van der Waals surface area contributed by atoms with Crippen LogP contribution in [0.3, 0.4) is 0 Å². The van der Waals surface area contributed by atoms with Gasteiger partial charge >= 0.3 is 0 Å². The van der Waals surface area contributed by atoms with Gasteiger partial charge < -0.3 is 9.55 Å². The average Bonchev–Trinajstić information content (AvgIpc) is 2.75. The molecule has 4 heteroatoms. The Kier molecular flexibility index (Phi) is 1.94. The zero-order chi connectivity index (χ0) is 11.3. The number of aryl methyl sites for hydroxylation is 1. The van der Waals surface area contributed by atoms with Crippen LogP contribution < -0.4 is 0 Å². The predicted molar refractivity (Wildman–Crippen MR) is 67.9 cm³/mol. The van der Waals surface area contributed by atoms with E-state index in [9.17, 15) is 4.79 Å². The van der Waals surface area contributed by atoms with Gasteiger partial charge in [-0.15, -0.1) is 0 Å². The lowest BCUT2D eigenvalue weighted by Gasteiger charge is -1.97. The van der Waals surface area contributed by atoms with Crippen LogP contribution in [-0.4, -0.2) is 15.8 Å². The zero-order valence-electron chi connectivity index (χ0n) is 8.62. The maximum Gasteiger partial charge on any atom is 0.166 e. The Hall–Kier alpha value is -1.55. The normalized spacial score (nSPS) is 11.4. The van der Waals surface area contributed by atoms with Crippen molar-refractivity contribution < 1.29 is 4.79 Å². The summed E-state index contributed by atoms with van der Waals surface area (Å²) in [5.41, 5.74) is 3.83. The summed E-state index contributed by atoms with van der Waals surface area (Å²) in [4.78, 5) is 14.1. The van der Waals surface area contributed by atoms with Crippen molar-refractivity contribution in [1.29, 1.82) is 0 Å². The lowest BCUT2D eigenvalue weighted by atomic mass is 10.2. The number of H-pyrrole nitrogens is 1. The summed E-state index contributed by atoms with van der Waals surface area (Å²) in [7, 11) is 1.90. The molecule has 0 amide bonds. The van der Waals surface area contributed by atoms with E-state index in [4.69, 9.17) is 0 Å². The van der Waals surface area contributed by atoms with Crippen molar-refractivity contribution in [2.75, 3.05) is 0 Å². The fraction of sp³-hybridized carbons (Fsp3) is 0.0833. The van der Waals surface area contributed by atoms with Crippen LogP contribution in [0.25, 0.3) is 21.9 Å². The minimum atomic E-state index is 0.686. The number of hydrogen-bond donors (Lipinski definition) is 1. The Morgan fingerprint density at radius 2 is 2.12 bits per heavy atom. The molecule has 0 aliphatic heterocycles. The molecule has 0 bridgehead atoms. The van der Waals surface area contributed by atoms with Crippen molar-refractivity contribution in [3.05, 3.63) is 34.4 Å². The number of carbonyl (C=O) groups is 1. The highest BCUT2D eigenvalue weighted by atomic mass is 79.9. The first-order valence-corrected chi connectivity index (χ1v) is 5.72. The molecule has 0 aliphatic carbocycles. The number of nitrogens with zero attached hydrogens (tertiary/aromatic N) is 1. The number of aldehydes is 1. The van der Waals surface area contributed by atoms with E-state index in [1.807, 2.05) is 35.9 Å². The average molecular weight is 277 g/mol. The van der Waals surface area contributed by atoms with Crippen molar-refractivity contribution in [1.82, 2.24) is 9.55 Å². The summed E-state index contributed by atoms with van der Waals surface area (Å²) in [5.74, 6) is 0. The monoisotopic (exact) mass is 276 g/mol. The third-order valence-corrected chi connectivity index (χ3v) is 3.39. The number of benzene rings is 1. The highest BCUT2D eigenvalue weighted by Crippen LogP contribution is 2.29. The minimum absolute atomic E-state index is 0.686. The standard InChI is InChI=1S/C12H9BrN2O/c1-15-8(6-16)5-11-12(15)9-3-2-7(13)4-10(9)14-11/h2-6,14H,1H3. The largest absolute Gasteiger partial charge is 0.353 e. The van der Waals surface area contributed by atoms with E-state index < -0.39 is 0 Å². The third kappa shape index (κ3) is 1.16. The molecule has 3 rings (SSSR count). The predicted octanol–water partition coefficient (Wildman–Crippen LogP) is 3.23. The SMILES string of the molecule is Cn1c(C=O)cc2[nH]c3cc(Br)ccc3c21. The number of nitrogens with one attached hydrogen (secondary N) is 1. The number of rotatable bonds is 1. The molecule has 80 valence electrons. The molecular weight excluding hydrogens is 268 g/mol. The third-order valence-electron chi connectivity index (χ3n) is 2.90. The number of halogens is 1. The Labute approximate surface area is 100 Å². The second kappa shape index (κ2) is 3.22. The van der Waals surface area contributed by atoms with Gasteiger partial charge in [0.2, 0.25) is 0 Å². The Balaban J connectivity index is 2.51. The number of carbonyl (C=O) groups excluding carboxylic acids is 1. The fourth-order valence-electron chi connectivity index (χ4n) is 2.13. The molecule has 1 N–H and O–H groups in total. The van der Waals surface area contributed by atoms with Gasteiger partial charge in [0.15, 0.2) is 6.29 Å². The van der Waals surface area contributed by atoms with E-state index in [0.29, 0.717) is 5.69 Å². The van der Waals surface area contributed by atoms with Crippen LogP contribution in [0.5, 0.6) is 0 Å². The Bertz CT molecular complexity index is 709. The van der Waals surface area contributed by atoms with Crippen molar-refractivity contribution in [2.45, 2.75) is 0 Å². The molecule has 0 aliphatic rings. The summed E-state index contributed by atoms with van der Waals surface area (Å²) in [6.07, 6.45) is 0.874. The van der Waals surface area contributed by atoms with Gasteiger partial charge in [-0.25, -0.2) is 0 Å². The van der Waals surface area contributed by atoms with Gasteiger partial charge in [0.1, 0.15) is 0 Å². The van der Waals surface area contributed by atoms with E-state index in [1.165, 1.54) is 0 Å². The van der Waals surface area contributed by atoms with E-state index in [0.717, 1.165) is 32.7 Å². The van der Waals surface area contributed by atoms with Gasteiger partial charge in [-0.1, -0.05) is 15.9 Å². The van der Waals surface area contributed by atoms with Crippen LogP contribution in [0.1, 0.15) is 10.5 Å². The van der Waals surface area contributed by atoms with Crippen LogP contribution in [0.15, 0.2) is 28.7 Å². The van der Waals surface area contributed by atoms with Crippen LogP contribution in [-0.2, 0) is 7.05 Å². The quantitative estimate of drug-likeness (QED) is 0.681. The lowest BCUT2D eigenvalue weighted by molar-refractivity contribution is 0.111. The fourth-order valence-corrected chi connectivity index (χ4v) is 2.49. The second-order valence-corrected chi connectivity index (χ2v) is 4.74. The van der Waals surface area contributed by atoms with E-state index in [-0.39, 0.29) is 0 Å². The number of aromatic amines is 1. The molecule has 0 saturated heterocycles. The second-order valence-electron chi connectivity index (χ2n) is 3.82. The van der Waals surface area contributed by atoms with Crippen LogP contribution in [0, 0.1) is 0 Å². The first kappa shape index (κ1) is 9.66. The summed E-state index contributed by atoms with van der Waals surface area (Å²) in [6.45, 7) is 0. The van der Waals surface area contributed by atoms with Crippen LogP contribution in [0.4, 0.5) is 0 Å². The molecular formula is C12H9BrN2O. The number of hydrogen-bond acceptors (Lipinski definition) is 1. The molecule has 0 radical (unpaired) electrons. The Morgan fingerprint density at radius 1 is 1.31 bits per heavy atom. The summed E-state index contributed by atoms with van der Waals surface area (Å²) in [5, 5.41) is 1.13.